The van der Waals surface area contributed by atoms with Crippen LogP contribution in [0.25, 0.3) is 289 Å². The molecule has 0 bridgehead atoms. The molecule has 150 heavy (non-hydrogen) atoms. The van der Waals surface area contributed by atoms with E-state index in [1.54, 1.807) is 0 Å². The molecule has 4 heteroatoms. The van der Waals surface area contributed by atoms with Gasteiger partial charge >= 0.3 is 0 Å². The van der Waals surface area contributed by atoms with E-state index in [2.05, 4.69) is 558 Å². The highest BCUT2D eigenvalue weighted by atomic mass is 32.1. The Balaban J connectivity index is 0.0000000962. The van der Waals surface area contributed by atoms with Crippen molar-refractivity contribution in [2.75, 3.05) is 0 Å². The summed E-state index contributed by atoms with van der Waals surface area (Å²) >= 11 is 7.52. The Bertz CT molecular complexity index is 10500. The van der Waals surface area contributed by atoms with Gasteiger partial charge in [0.1, 0.15) is 0 Å². The molecule has 0 unspecified atom stereocenters. The molecule has 0 saturated carbocycles. The molecule has 0 nitrogen and oxygen atoms in total. The van der Waals surface area contributed by atoms with E-state index in [4.69, 9.17) is 0 Å². The Morgan fingerprint density at radius 1 is 0.0800 bits per heavy atom. The van der Waals surface area contributed by atoms with Crippen LogP contribution in [0, 0.1) is 0 Å². The molecule has 0 radical (unpaired) electrons. The lowest BCUT2D eigenvalue weighted by atomic mass is 9.84. The van der Waals surface area contributed by atoms with E-state index >= 15 is 0 Å². The monoisotopic (exact) mass is 1970 g/mol. The average Bonchev–Trinajstić information content (AvgIpc) is 1.08. The van der Waals surface area contributed by atoms with Crippen LogP contribution in [0.5, 0.6) is 0 Å². The summed E-state index contributed by atoms with van der Waals surface area (Å²) in [4.78, 5) is 0. The highest BCUT2D eigenvalue weighted by Gasteiger charge is 2.26. The molecule has 0 amide bonds. The van der Waals surface area contributed by atoms with Crippen LogP contribution in [0.4, 0.5) is 0 Å². The predicted molar refractivity (Wildman–Crippen MR) is 657 cm³/mol. The summed E-state index contributed by atoms with van der Waals surface area (Å²) in [6, 6.07) is 204. The normalized spacial score (nSPS) is 11.6. The minimum absolute atomic E-state index is 1.24. The van der Waals surface area contributed by atoms with Crippen molar-refractivity contribution >= 4 is 212 Å². The van der Waals surface area contributed by atoms with Gasteiger partial charge in [0, 0.05) is 80.7 Å². The van der Waals surface area contributed by atoms with Gasteiger partial charge in [-0.25, -0.2) is 0 Å². The third kappa shape index (κ3) is 15.9. The van der Waals surface area contributed by atoms with E-state index in [0.29, 0.717) is 0 Å². The summed E-state index contributed by atoms with van der Waals surface area (Å²) in [6.07, 6.45) is 0. The van der Waals surface area contributed by atoms with Crippen LogP contribution in [0.3, 0.4) is 0 Å². The smallest absolute Gasteiger partial charge is 0.0361 e. The molecule has 0 fully saturated rings. The van der Waals surface area contributed by atoms with E-state index in [-0.39, 0.29) is 0 Å². The van der Waals surface area contributed by atoms with Crippen LogP contribution in [-0.2, 0) is 0 Å². The molecule has 700 valence electrons. The Labute approximate surface area is 885 Å². The van der Waals surface area contributed by atoms with Gasteiger partial charge in [-0.15, -0.1) is 45.3 Å². The number of benzene rings is 27. The molecule has 0 spiro atoms. The van der Waals surface area contributed by atoms with Crippen molar-refractivity contribution in [3.05, 3.63) is 558 Å². The lowest BCUT2D eigenvalue weighted by molar-refractivity contribution is 1.61. The van der Waals surface area contributed by atoms with E-state index in [1.165, 1.54) is 289 Å². The molecular formula is C146H92S4. The standard InChI is InChI=1S/3C38H24S.C32H20S/c1-2-11-25(12-3-1)26-13-10-14-27(23-26)37-31-16-4-6-18-33(31)38(34-19-7-5-17-32(34)37)28-21-22-30-29-15-8-9-20-35(29)39-36(30)24-28;1-2-10-25(11-3-1)26-18-20-27(21-19-26)37-31-13-4-6-15-33(31)38(34-16-7-5-14-32(34)37)28-22-23-30-29-12-8-9-17-35(29)39-36(30)24-28;1-2-12-25(13-3-1)27-14-4-5-16-30(27)38-33-19-8-6-17-31(33)37(32-18-7-9-20-34(32)38)26-22-23-29-28-15-10-11-21-35(28)39-36(29)24-26;1-2-10-21(11-3-1)31-25-13-4-6-15-27(25)32(28-16-7-5-14-26(28)31)22-18-19-24-23-12-8-9-17-29(23)33-30(24)20-22/h3*1-24H;1-20H. The molecule has 0 aliphatic carbocycles. The summed E-state index contributed by atoms with van der Waals surface area (Å²) in [5, 5.41) is 31.4. The van der Waals surface area contributed by atoms with E-state index in [9.17, 15) is 0 Å². The lowest BCUT2D eigenvalue weighted by Crippen LogP contribution is -1.92. The third-order valence-electron chi connectivity index (χ3n) is 30.3. The minimum atomic E-state index is 1.24. The molecule has 31 rings (SSSR count). The molecule has 4 aromatic heterocycles. The molecule has 27 aromatic carbocycles. The van der Waals surface area contributed by atoms with Gasteiger partial charge in [-0.1, -0.05) is 504 Å². The van der Waals surface area contributed by atoms with Gasteiger partial charge in [-0.2, -0.15) is 0 Å². The summed E-state index contributed by atoms with van der Waals surface area (Å²) < 4.78 is 10.7. The number of rotatable bonds is 11. The van der Waals surface area contributed by atoms with Crippen molar-refractivity contribution in [2.45, 2.75) is 0 Å². The highest BCUT2D eigenvalue weighted by molar-refractivity contribution is 7.27. The Morgan fingerprint density at radius 2 is 0.247 bits per heavy atom. The molecule has 0 atom stereocenters. The fourth-order valence-electron chi connectivity index (χ4n) is 23.6. The summed E-state index contributed by atoms with van der Waals surface area (Å²) in [7, 11) is 0. The fourth-order valence-corrected chi connectivity index (χ4v) is 28.2. The predicted octanol–water partition coefficient (Wildman–Crippen LogP) is 43.8. The third-order valence-corrected chi connectivity index (χ3v) is 34.8. The van der Waals surface area contributed by atoms with Gasteiger partial charge in [0.15, 0.2) is 0 Å². The van der Waals surface area contributed by atoms with Crippen LogP contribution in [0.1, 0.15) is 0 Å². The number of thiophene rings is 4. The van der Waals surface area contributed by atoms with Crippen LogP contribution in [-0.4, -0.2) is 0 Å². The van der Waals surface area contributed by atoms with Crippen molar-refractivity contribution in [3.8, 4) is 122 Å². The van der Waals surface area contributed by atoms with Crippen molar-refractivity contribution in [1.82, 2.24) is 0 Å². The first kappa shape index (κ1) is 89.5. The highest BCUT2D eigenvalue weighted by Crippen LogP contribution is 2.54. The Hall–Kier alpha value is -18.1. The van der Waals surface area contributed by atoms with Crippen molar-refractivity contribution in [2.24, 2.45) is 0 Å². The summed E-state index contributed by atoms with van der Waals surface area (Å²) in [5.74, 6) is 0. The second kappa shape index (κ2) is 38.4. The molecule has 31 aromatic rings. The van der Waals surface area contributed by atoms with Gasteiger partial charge in [0.25, 0.3) is 0 Å². The van der Waals surface area contributed by atoms with Crippen LogP contribution < -0.4 is 0 Å². The number of hydrogen-bond donors (Lipinski definition) is 0. The van der Waals surface area contributed by atoms with E-state index < -0.39 is 0 Å². The van der Waals surface area contributed by atoms with Gasteiger partial charge in [0.2, 0.25) is 0 Å². The molecule has 4 heterocycles. The fraction of sp³-hybridized carbons (Fsp3) is 0. The lowest BCUT2D eigenvalue weighted by Gasteiger charge is -2.19. The van der Waals surface area contributed by atoms with Crippen molar-refractivity contribution in [1.29, 1.82) is 0 Å². The van der Waals surface area contributed by atoms with Crippen molar-refractivity contribution in [3.63, 3.8) is 0 Å². The zero-order valence-corrected chi connectivity index (χ0v) is 85.0. The second-order valence-electron chi connectivity index (χ2n) is 38.8. The number of fused-ring (bicyclic) bond motifs is 20. The van der Waals surface area contributed by atoms with Gasteiger partial charge < -0.3 is 0 Å². The summed E-state index contributed by atoms with van der Waals surface area (Å²) in [6.45, 7) is 0. The Morgan fingerprint density at radius 3 is 0.533 bits per heavy atom. The Kier molecular flexibility index (Phi) is 22.9. The number of hydrogen-bond acceptors (Lipinski definition) is 4. The SMILES string of the molecule is c1ccc(-c2c3ccccc3c(-c3ccc4c(c3)sc3ccccc34)c3ccccc23)cc1.c1ccc(-c2ccc(-c3c4ccccc4c(-c4ccc5c(c4)sc4ccccc45)c4ccccc34)cc2)cc1.c1ccc(-c2cccc(-c3c4ccccc4c(-c4ccc5c(c4)sc4ccccc45)c4ccccc34)c2)cc1.c1ccc(-c2ccccc2-c2c3ccccc3c(-c3ccc4c(c3)sc3ccccc34)c3ccccc23)cc1. The maximum absolute atomic E-state index is 2.39. The van der Waals surface area contributed by atoms with Crippen molar-refractivity contribution < 1.29 is 0 Å². The first-order valence-electron chi connectivity index (χ1n) is 51.4. The average molecular weight is 1970 g/mol. The largest absolute Gasteiger partial charge is 0.135 e. The van der Waals surface area contributed by atoms with Gasteiger partial charge in [-0.05, 0) is 263 Å². The zero-order valence-electron chi connectivity index (χ0n) is 81.7. The molecule has 0 saturated heterocycles. The van der Waals surface area contributed by atoms with Gasteiger partial charge in [-0.3, -0.25) is 0 Å². The molecule has 0 aliphatic rings. The topological polar surface area (TPSA) is 0 Å². The van der Waals surface area contributed by atoms with Crippen LogP contribution in [0.2, 0.25) is 0 Å². The van der Waals surface area contributed by atoms with Gasteiger partial charge in [0.05, 0.1) is 0 Å². The molecule has 0 aliphatic heterocycles. The van der Waals surface area contributed by atoms with E-state index in [1.807, 2.05) is 45.3 Å². The zero-order chi connectivity index (χ0) is 99.1. The first-order valence-corrected chi connectivity index (χ1v) is 54.6. The van der Waals surface area contributed by atoms with Crippen LogP contribution >= 0.6 is 45.3 Å². The van der Waals surface area contributed by atoms with E-state index in [0.717, 1.165) is 0 Å². The van der Waals surface area contributed by atoms with Crippen LogP contribution in [0.15, 0.2) is 558 Å². The quantitative estimate of drug-likeness (QED) is 0.113. The second-order valence-corrected chi connectivity index (χ2v) is 43.1. The maximum atomic E-state index is 2.39. The first-order chi connectivity index (χ1) is 74.4. The minimum Gasteiger partial charge on any atom is -0.135 e. The maximum Gasteiger partial charge on any atom is 0.0361 e. The summed E-state index contributed by atoms with van der Waals surface area (Å²) in [5.41, 5.74) is 28.0. The molecule has 0 N–H and O–H groups in total. The molecular weight excluding hydrogens is 1880 g/mol.